The number of benzene rings is 3. The monoisotopic (exact) mass is 1890 g/mol. The van der Waals surface area contributed by atoms with E-state index >= 15 is 28.8 Å². The number of amides is 17. The fraction of sp³-hybridized carbons (Fsp3) is 0.560. The number of rotatable bonds is 54. The average molecular weight is 1890 g/mol. The van der Waals surface area contributed by atoms with Crippen molar-refractivity contribution in [2.75, 3.05) is 65.4 Å². The number of carbonyl (C=O) groups is 18. The van der Waals surface area contributed by atoms with Crippen molar-refractivity contribution in [3.63, 3.8) is 0 Å². The minimum atomic E-state index is -1.65. The number of aromatic nitrogens is 2. The molecule has 23 N–H and O–H groups in total. The lowest BCUT2D eigenvalue weighted by Gasteiger charge is -2.36. The first-order valence-electron chi connectivity index (χ1n) is 45.2. The lowest BCUT2D eigenvalue weighted by Crippen LogP contribution is -2.61. The van der Waals surface area contributed by atoms with Crippen LogP contribution in [0.3, 0.4) is 0 Å². The number of aromatic amines is 1. The van der Waals surface area contributed by atoms with Crippen LogP contribution in [0, 0.1) is 11.8 Å². The Morgan fingerprint density at radius 1 is 0.552 bits per heavy atom. The number of aliphatic hydroxyl groups is 1. The number of aryl methyl sites for hydroxylation is 1. The van der Waals surface area contributed by atoms with Crippen LogP contribution in [0.25, 0.3) is 21.8 Å². The number of phenolic OH excluding ortho intramolecular Hbond substituents is 1. The van der Waals surface area contributed by atoms with Gasteiger partial charge in [-0.2, -0.15) is 0 Å². The molecular formula is C91H133N21O21S. The summed E-state index contributed by atoms with van der Waals surface area (Å²) in [5.74, 6) is -16.5. The molecule has 2 aromatic heterocycles. The molecule has 0 radical (unpaired) electrons. The molecule has 43 heteroatoms. The van der Waals surface area contributed by atoms with E-state index in [2.05, 4.69) is 52.8 Å². The van der Waals surface area contributed by atoms with Gasteiger partial charge in [-0.1, -0.05) is 116 Å². The number of nitrogens with two attached hydrogens (primary N) is 5. The van der Waals surface area contributed by atoms with E-state index in [-0.39, 0.29) is 119 Å². The molecule has 5 aromatic rings. The van der Waals surface area contributed by atoms with E-state index in [1.54, 1.807) is 94.6 Å². The summed E-state index contributed by atoms with van der Waals surface area (Å²) in [4.78, 5) is 263. The highest BCUT2D eigenvalue weighted by molar-refractivity contribution is 8.00. The number of hydrogen-bond donors (Lipinski definition) is 18. The highest BCUT2D eigenvalue weighted by Crippen LogP contribution is 2.29. The number of para-hydroxylation sites is 2. The highest BCUT2D eigenvalue weighted by atomic mass is 32.2. The van der Waals surface area contributed by atoms with Crippen LogP contribution in [-0.4, -0.2) is 306 Å². The fourth-order valence-electron chi connectivity index (χ4n) is 16.4. The van der Waals surface area contributed by atoms with Gasteiger partial charge in [0.25, 0.3) is 0 Å². The van der Waals surface area contributed by atoms with Crippen molar-refractivity contribution in [2.45, 2.75) is 249 Å². The number of carboxylic acids is 1. The number of likely N-dealkylation sites (tertiary alicyclic amines) is 2. The number of likely N-dealkylation sites (N-methyl/N-ethyl adjacent to an activating group) is 3. The third-order valence-electron chi connectivity index (χ3n) is 23.7. The molecular weight excluding hydrogens is 1760 g/mol. The van der Waals surface area contributed by atoms with E-state index in [0.717, 1.165) is 32.0 Å². The molecule has 2 aliphatic rings. The number of carbonyl (C=O) groups excluding carboxylic acids is 17. The van der Waals surface area contributed by atoms with Crippen molar-refractivity contribution in [1.29, 1.82) is 0 Å². The molecule has 42 nitrogen and oxygen atoms in total. The predicted molar refractivity (Wildman–Crippen MR) is 497 cm³/mol. The van der Waals surface area contributed by atoms with Gasteiger partial charge >= 0.3 is 5.97 Å². The Hall–Kier alpha value is -12.8. The number of thioether (sulfide) groups is 1. The molecule has 14 atom stereocenters. The smallest absolute Gasteiger partial charge is 0.323 e. The van der Waals surface area contributed by atoms with E-state index in [4.69, 9.17) is 28.7 Å². The summed E-state index contributed by atoms with van der Waals surface area (Å²) in [7, 11) is 4.11. The van der Waals surface area contributed by atoms with Crippen LogP contribution in [-0.2, 0) is 112 Å². The number of hydrogen-bond acceptors (Lipinski definition) is 23. The van der Waals surface area contributed by atoms with Crippen LogP contribution in [0.5, 0.6) is 5.75 Å². The van der Waals surface area contributed by atoms with Gasteiger partial charge in [0.05, 0.1) is 24.8 Å². The van der Waals surface area contributed by atoms with Crippen molar-refractivity contribution >= 4 is 140 Å². The molecule has 734 valence electrons. The van der Waals surface area contributed by atoms with Gasteiger partial charge in [0.1, 0.15) is 90.8 Å². The zero-order valence-electron chi connectivity index (χ0n) is 77.7. The molecule has 17 amide bonds. The minimum absolute atomic E-state index is 0.00345. The van der Waals surface area contributed by atoms with Crippen LogP contribution >= 0.6 is 11.8 Å². The maximum absolute atomic E-state index is 15.9. The van der Waals surface area contributed by atoms with Crippen molar-refractivity contribution in [3.05, 3.63) is 102 Å². The van der Waals surface area contributed by atoms with Gasteiger partial charge in [-0.05, 0) is 118 Å². The standard InChI is InChI=1S/C91H133N21O21S/c1-11-13-23-70(85(127)100-62(36-50(3)4)82(124)106-68(48-134-49-76(96)117)80(122)98-44-75(95)116)108(9)91(133)72(24-14-12-2)109(10)88(130)65(39-55-45-110(47-78(119)120)69-25-18-16-21-59(55)69)104-81(123)61(33-34-92)99-83(125)63(38-54-43-97-60-22-17-15-20-58(54)60)101-87(129)73-40-57(114)46-112(73)90(132)64(37-51(5)6)103-84(126)67(42-93)105-86(128)71-26-19-35-111(71)89(131)66(41-74(94)115)102-79(121)52(7)107(8)77(118)32-29-53-27-30-56(113)31-28-53/h15-18,20-22,25,27-28,30-31,43,45,50-52,57,61-68,70-73,97,113-114H,11-14,19,23-24,26,29,32-42,44,46-49,92-93H2,1-10H3,(H2,94,115)(H2,95,116)(H2,96,117)(H,98,122)(H,99,125)(H,100,127)(H,101,129)(H,102,121)(H,103,126)(H,104,123)(H,105,128)(H,106,124)(H,119,120)/t52-,57+,61-,62-,63-,64-,65-,66-,67-,68-,70-,71-,72-,73-/m0/s1. The molecule has 0 bridgehead atoms. The molecule has 0 aliphatic carbocycles. The van der Waals surface area contributed by atoms with Crippen molar-refractivity contribution < 1.29 is 102 Å². The second-order valence-corrected chi connectivity index (χ2v) is 36.0. The third-order valence-corrected chi connectivity index (χ3v) is 24.7. The van der Waals surface area contributed by atoms with E-state index in [1.807, 2.05) is 13.8 Å². The van der Waals surface area contributed by atoms with E-state index in [9.17, 15) is 72.9 Å². The van der Waals surface area contributed by atoms with Gasteiger partial charge in [0.2, 0.25) is 100 Å². The number of phenols is 1. The fourth-order valence-corrected chi connectivity index (χ4v) is 17.2. The number of H-pyrrole nitrogens is 1. The van der Waals surface area contributed by atoms with Crippen LogP contribution in [0.15, 0.2) is 85.2 Å². The number of fused-ring (bicyclic) bond motifs is 2. The van der Waals surface area contributed by atoms with Gasteiger partial charge in [-0.15, -0.1) is 11.8 Å². The minimum Gasteiger partial charge on any atom is -0.508 e. The summed E-state index contributed by atoms with van der Waals surface area (Å²) in [5.41, 5.74) is 31.3. The summed E-state index contributed by atoms with van der Waals surface area (Å²) >= 11 is 0.927. The number of aliphatic hydroxyl groups excluding tert-OH is 1. The van der Waals surface area contributed by atoms with E-state index < -0.39 is 224 Å². The van der Waals surface area contributed by atoms with Gasteiger partial charge in [-0.25, -0.2) is 0 Å². The number of β-amino-alcohol motifs (C(OH)–C–C–N with tert-alkyl or cyclic N) is 1. The molecule has 3 aromatic carbocycles. The maximum atomic E-state index is 15.9. The number of nitrogens with one attached hydrogen (secondary N) is 10. The summed E-state index contributed by atoms with van der Waals surface area (Å²) < 4.78 is 1.44. The number of unbranched alkanes of at least 4 members (excludes halogenated alkanes) is 2. The number of aromatic hydroxyl groups is 1. The number of nitrogens with zero attached hydrogens (tertiary/aromatic N) is 6. The molecule has 2 aliphatic heterocycles. The zero-order valence-corrected chi connectivity index (χ0v) is 78.5. The first kappa shape index (κ1) is 108. The second-order valence-electron chi connectivity index (χ2n) is 35.0. The van der Waals surface area contributed by atoms with Crippen molar-refractivity contribution in [1.82, 2.24) is 81.9 Å². The summed E-state index contributed by atoms with van der Waals surface area (Å²) in [6, 6.07) is 1.14. The van der Waals surface area contributed by atoms with Crippen molar-refractivity contribution in [2.24, 2.45) is 40.5 Å². The molecule has 2 saturated heterocycles. The Kier molecular flexibility index (Phi) is 42.0. The molecule has 0 saturated carbocycles. The maximum Gasteiger partial charge on any atom is 0.323 e. The predicted octanol–water partition coefficient (Wildman–Crippen LogP) is -1.86. The van der Waals surface area contributed by atoms with Gasteiger partial charge < -0.3 is 126 Å². The highest BCUT2D eigenvalue weighted by Gasteiger charge is 2.46. The largest absolute Gasteiger partial charge is 0.508 e. The molecule has 7 rings (SSSR count). The molecule has 4 heterocycles. The van der Waals surface area contributed by atoms with Crippen LogP contribution < -0.4 is 76.5 Å². The lowest BCUT2D eigenvalue weighted by atomic mass is 9.99. The Balaban J connectivity index is 1.14. The van der Waals surface area contributed by atoms with Crippen LogP contribution in [0.1, 0.15) is 155 Å². The van der Waals surface area contributed by atoms with E-state index in [1.165, 1.54) is 60.8 Å². The Morgan fingerprint density at radius 2 is 1.10 bits per heavy atom. The quantitative estimate of drug-likeness (QED) is 0.0203. The summed E-state index contributed by atoms with van der Waals surface area (Å²) in [6.45, 7) is 9.75. The molecule has 2 fully saturated rings. The van der Waals surface area contributed by atoms with Crippen LogP contribution in [0.2, 0.25) is 0 Å². The van der Waals surface area contributed by atoms with Gasteiger partial charge in [0, 0.05) is 106 Å². The van der Waals surface area contributed by atoms with E-state index in [0.29, 0.717) is 58.6 Å². The first-order valence-corrected chi connectivity index (χ1v) is 46.4. The van der Waals surface area contributed by atoms with Gasteiger partial charge in [0.15, 0.2) is 0 Å². The van der Waals surface area contributed by atoms with Gasteiger partial charge in [-0.3, -0.25) is 86.3 Å². The Bertz CT molecular complexity index is 4990. The number of aliphatic carboxylic acids is 1. The number of primary amides is 3. The topological polar surface area (TPSA) is 643 Å². The summed E-state index contributed by atoms with van der Waals surface area (Å²) in [5, 5.41) is 56.2. The lowest BCUT2D eigenvalue weighted by molar-refractivity contribution is -0.149. The Labute approximate surface area is 782 Å². The Morgan fingerprint density at radius 3 is 1.73 bits per heavy atom. The second kappa shape index (κ2) is 52.0. The molecule has 0 unspecified atom stereocenters. The normalized spacial score (nSPS) is 16.7. The number of carboxylic acid groups (broad SMARTS) is 1. The average Bonchev–Trinajstić information content (AvgIpc) is 1.60. The summed E-state index contributed by atoms with van der Waals surface area (Å²) in [6.07, 6.45) is 2.07. The zero-order chi connectivity index (χ0) is 99.1. The van der Waals surface area contributed by atoms with Crippen LogP contribution in [0.4, 0.5) is 0 Å². The first-order chi connectivity index (χ1) is 63.5. The SMILES string of the molecule is CCCC[C@@H](C(=O)N(C)[C@@H](CCCC)C(=O)N[C@@H](CC(C)C)C(=O)N[C@@H](CSCC(N)=O)C(=O)NCC(N)=O)N(C)C(=O)[C@H](Cc1cn(CC(=O)O)c2ccccc12)NC(=O)[C@H](CCN)NC(=O)[C@H](Cc1c[nH]c2ccccc12)NC(=O)[C@@H]1C[C@@H](O)CN1C(=O)[C@H](CC(C)C)NC(=O)[C@H](CN)NC(=O)[C@@H]1CCCN1C(=O)[C@H](CC(N)=O)NC(=O)[C@H](C)N(C)C(=O)CCc1ccc(O)cc1. The molecule has 134 heavy (non-hydrogen) atoms. The molecule has 0 spiro atoms. The van der Waals surface area contributed by atoms with Crippen molar-refractivity contribution in [3.8, 4) is 5.75 Å². The third kappa shape index (κ3) is 31.2.